The van der Waals surface area contributed by atoms with E-state index in [0.29, 0.717) is 5.56 Å². The molecule has 1 rings (SSSR count). The zero-order chi connectivity index (χ0) is 15.5. The van der Waals surface area contributed by atoms with Crippen LogP contribution in [0.25, 0.3) is 0 Å². The van der Waals surface area contributed by atoms with Crippen molar-refractivity contribution in [3.63, 3.8) is 0 Å². The lowest BCUT2D eigenvalue weighted by Crippen LogP contribution is -2.55. The number of amides is 1. The predicted molar refractivity (Wildman–Crippen MR) is 70.8 cm³/mol. The zero-order valence-electron chi connectivity index (χ0n) is 11.9. The second-order valence-corrected chi connectivity index (χ2v) is 4.81. The van der Waals surface area contributed by atoms with Gasteiger partial charge in [0, 0.05) is 25.9 Å². The summed E-state index contributed by atoms with van der Waals surface area (Å²) in [6, 6.07) is 1.42. The van der Waals surface area contributed by atoms with E-state index in [2.05, 4.69) is 5.32 Å². The first kappa shape index (κ1) is 15.9. The molecule has 1 amide bonds. The van der Waals surface area contributed by atoms with Crippen molar-refractivity contribution in [1.82, 2.24) is 9.88 Å². The summed E-state index contributed by atoms with van der Waals surface area (Å²) in [6.45, 7) is 2.58. The predicted octanol–water partition coefficient (Wildman–Crippen LogP) is 0.447. The highest BCUT2D eigenvalue weighted by Gasteiger charge is 2.35. The number of carbonyl (C=O) groups excluding carboxylic acids is 2. The molecule has 20 heavy (non-hydrogen) atoms. The average Bonchev–Trinajstić information content (AvgIpc) is 2.71. The Hall–Kier alpha value is -2.15. The molecule has 0 aliphatic carbocycles. The van der Waals surface area contributed by atoms with Gasteiger partial charge in [0.05, 0.1) is 6.61 Å². The van der Waals surface area contributed by atoms with Crippen molar-refractivity contribution >= 4 is 17.7 Å². The quantitative estimate of drug-likeness (QED) is 0.738. The molecule has 0 bridgehead atoms. The number of aryl methyl sites for hydroxylation is 1. The molecule has 0 radical (unpaired) electrons. The largest absolute Gasteiger partial charge is 0.479 e. The minimum atomic E-state index is -1.54. The van der Waals surface area contributed by atoms with Gasteiger partial charge in [0.25, 0.3) is 5.91 Å². The minimum Gasteiger partial charge on any atom is -0.479 e. The molecule has 2 N–H and O–H groups in total. The van der Waals surface area contributed by atoms with E-state index in [1.165, 1.54) is 37.8 Å². The highest BCUT2D eigenvalue weighted by Crippen LogP contribution is 2.11. The lowest BCUT2D eigenvalue weighted by Gasteiger charge is -2.25. The van der Waals surface area contributed by atoms with Crippen LogP contribution in [0.2, 0.25) is 0 Å². The summed E-state index contributed by atoms with van der Waals surface area (Å²) in [5.74, 6) is -1.95. The summed E-state index contributed by atoms with van der Waals surface area (Å²) in [5.41, 5.74) is -0.938. The number of hydrogen-bond donors (Lipinski definition) is 2. The van der Waals surface area contributed by atoms with Crippen LogP contribution in [0, 0.1) is 0 Å². The standard InChI is InChI=1S/C13H18N2O5/c1-8(16)9-5-10(15(3)6-9)11(17)14-13(2,7-20-4)12(18)19/h5-6H,7H2,1-4H3,(H,14,17)(H,18,19). The van der Waals surface area contributed by atoms with Gasteiger partial charge in [0.1, 0.15) is 5.69 Å². The Morgan fingerprint density at radius 2 is 2.05 bits per heavy atom. The third-order valence-electron chi connectivity index (χ3n) is 2.94. The first-order valence-corrected chi connectivity index (χ1v) is 5.93. The molecule has 1 aromatic heterocycles. The van der Waals surface area contributed by atoms with Crippen molar-refractivity contribution in [2.45, 2.75) is 19.4 Å². The van der Waals surface area contributed by atoms with E-state index in [-0.39, 0.29) is 18.1 Å². The van der Waals surface area contributed by atoms with Crippen molar-refractivity contribution in [1.29, 1.82) is 0 Å². The molecule has 7 nitrogen and oxygen atoms in total. The van der Waals surface area contributed by atoms with Crippen molar-refractivity contribution in [2.24, 2.45) is 7.05 Å². The van der Waals surface area contributed by atoms with E-state index in [4.69, 9.17) is 9.84 Å². The summed E-state index contributed by atoms with van der Waals surface area (Å²) < 4.78 is 6.30. The third-order valence-corrected chi connectivity index (χ3v) is 2.94. The number of carbonyl (C=O) groups is 3. The van der Waals surface area contributed by atoms with Crippen LogP contribution in [-0.2, 0) is 16.6 Å². The molecular formula is C13H18N2O5. The van der Waals surface area contributed by atoms with Gasteiger partial charge in [-0.2, -0.15) is 0 Å². The molecular weight excluding hydrogens is 264 g/mol. The second-order valence-electron chi connectivity index (χ2n) is 4.81. The van der Waals surface area contributed by atoms with Crippen molar-refractivity contribution in [3.05, 3.63) is 23.5 Å². The number of Topliss-reactive ketones (excluding diaryl/α,β-unsaturated/α-hetero) is 1. The van der Waals surface area contributed by atoms with Gasteiger partial charge in [0.2, 0.25) is 0 Å². The Balaban J connectivity index is 3.01. The zero-order valence-corrected chi connectivity index (χ0v) is 11.9. The lowest BCUT2D eigenvalue weighted by molar-refractivity contribution is -0.145. The molecule has 110 valence electrons. The van der Waals surface area contributed by atoms with Gasteiger partial charge in [-0.05, 0) is 19.9 Å². The maximum Gasteiger partial charge on any atom is 0.331 e. The Kier molecular flexibility index (Phi) is 4.67. The van der Waals surface area contributed by atoms with Gasteiger partial charge < -0.3 is 19.7 Å². The van der Waals surface area contributed by atoms with E-state index in [9.17, 15) is 14.4 Å². The average molecular weight is 282 g/mol. The van der Waals surface area contributed by atoms with Gasteiger partial charge in [-0.3, -0.25) is 9.59 Å². The van der Waals surface area contributed by atoms with Gasteiger partial charge in [-0.15, -0.1) is 0 Å². The van der Waals surface area contributed by atoms with Crippen molar-refractivity contribution < 1.29 is 24.2 Å². The highest BCUT2D eigenvalue weighted by molar-refractivity contribution is 6.00. The van der Waals surface area contributed by atoms with Crippen LogP contribution in [0.15, 0.2) is 12.3 Å². The normalized spacial score (nSPS) is 13.6. The van der Waals surface area contributed by atoms with Gasteiger partial charge in [-0.1, -0.05) is 0 Å². The van der Waals surface area contributed by atoms with Gasteiger partial charge in [0.15, 0.2) is 11.3 Å². The number of methoxy groups -OCH3 is 1. The van der Waals surface area contributed by atoms with Crippen LogP contribution in [0.4, 0.5) is 0 Å². The number of aliphatic carboxylic acids is 1. The summed E-state index contributed by atoms with van der Waals surface area (Å²) in [5, 5.41) is 11.6. The summed E-state index contributed by atoms with van der Waals surface area (Å²) in [4.78, 5) is 34.6. The maximum atomic E-state index is 12.1. The van der Waals surface area contributed by atoms with Gasteiger partial charge >= 0.3 is 5.97 Å². The van der Waals surface area contributed by atoms with Crippen LogP contribution in [0.5, 0.6) is 0 Å². The molecule has 1 aromatic rings. The number of hydrogen-bond acceptors (Lipinski definition) is 4. The number of carboxylic acid groups (broad SMARTS) is 1. The van der Waals surface area contributed by atoms with E-state index in [1.807, 2.05) is 0 Å². The van der Waals surface area contributed by atoms with E-state index in [1.54, 1.807) is 7.05 Å². The molecule has 0 spiro atoms. The molecule has 0 saturated carbocycles. The SMILES string of the molecule is COCC(C)(NC(=O)c1cc(C(C)=O)cn1C)C(=O)O. The van der Waals surface area contributed by atoms with Crippen LogP contribution in [0.3, 0.4) is 0 Å². The van der Waals surface area contributed by atoms with E-state index in [0.717, 1.165) is 0 Å². The summed E-state index contributed by atoms with van der Waals surface area (Å²) in [6.07, 6.45) is 1.52. The number of nitrogens with zero attached hydrogens (tertiary/aromatic N) is 1. The fraction of sp³-hybridized carbons (Fsp3) is 0.462. The number of ether oxygens (including phenoxy) is 1. The van der Waals surface area contributed by atoms with E-state index >= 15 is 0 Å². The van der Waals surface area contributed by atoms with Crippen molar-refractivity contribution in [2.75, 3.05) is 13.7 Å². The first-order chi connectivity index (χ1) is 9.21. The minimum absolute atomic E-state index is 0.169. The summed E-state index contributed by atoms with van der Waals surface area (Å²) >= 11 is 0. The number of aromatic nitrogens is 1. The Morgan fingerprint density at radius 3 is 2.45 bits per heavy atom. The summed E-state index contributed by atoms with van der Waals surface area (Å²) in [7, 11) is 2.96. The number of rotatable bonds is 6. The number of nitrogens with one attached hydrogen (secondary N) is 1. The monoisotopic (exact) mass is 282 g/mol. The fourth-order valence-corrected chi connectivity index (χ4v) is 1.74. The Labute approximate surface area is 116 Å². The molecule has 0 fully saturated rings. The number of carboxylic acids is 1. The molecule has 0 aliphatic rings. The third kappa shape index (κ3) is 3.24. The van der Waals surface area contributed by atoms with Crippen LogP contribution in [-0.4, -0.2) is 46.6 Å². The Bertz CT molecular complexity index is 549. The van der Waals surface area contributed by atoms with E-state index < -0.39 is 17.4 Å². The molecule has 1 heterocycles. The molecule has 1 atom stereocenters. The molecule has 0 saturated heterocycles. The molecule has 0 aromatic carbocycles. The van der Waals surface area contributed by atoms with Crippen LogP contribution < -0.4 is 5.32 Å². The maximum absolute atomic E-state index is 12.1. The smallest absolute Gasteiger partial charge is 0.331 e. The van der Waals surface area contributed by atoms with Crippen LogP contribution in [0.1, 0.15) is 34.7 Å². The highest BCUT2D eigenvalue weighted by atomic mass is 16.5. The van der Waals surface area contributed by atoms with Crippen molar-refractivity contribution in [3.8, 4) is 0 Å². The fourth-order valence-electron chi connectivity index (χ4n) is 1.74. The van der Waals surface area contributed by atoms with Crippen LogP contribution >= 0.6 is 0 Å². The van der Waals surface area contributed by atoms with Gasteiger partial charge in [-0.25, -0.2) is 4.79 Å². The second kappa shape index (κ2) is 5.87. The molecule has 7 heteroatoms. The topological polar surface area (TPSA) is 97.6 Å². The molecule has 1 unspecified atom stereocenters. The number of ketones is 1. The first-order valence-electron chi connectivity index (χ1n) is 5.93. The Morgan fingerprint density at radius 1 is 1.45 bits per heavy atom. The lowest BCUT2D eigenvalue weighted by atomic mass is 10.0. The molecule has 0 aliphatic heterocycles.